The van der Waals surface area contributed by atoms with Crippen LogP contribution >= 0.6 is 11.3 Å². The van der Waals surface area contributed by atoms with E-state index in [0.29, 0.717) is 12.1 Å². The number of nitrogens with zero attached hydrogens (tertiary/aromatic N) is 2. The van der Waals surface area contributed by atoms with Gasteiger partial charge in [0.15, 0.2) is 0 Å². The van der Waals surface area contributed by atoms with Gasteiger partial charge in [-0.2, -0.15) is 0 Å². The van der Waals surface area contributed by atoms with Gasteiger partial charge in [-0.25, -0.2) is 4.98 Å². The number of nitrogens with one attached hydrogen (secondary N) is 1. The second-order valence-electron chi connectivity index (χ2n) is 4.90. The van der Waals surface area contributed by atoms with Gasteiger partial charge in [0.2, 0.25) is 0 Å². The van der Waals surface area contributed by atoms with Crippen molar-refractivity contribution < 1.29 is 0 Å². The number of aromatic nitrogens is 1. The summed E-state index contributed by atoms with van der Waals surface area (Å²) in [4.78, 5) is 8.12. The van der Waals surface area contributed by atoms with Crippen molar-refractivity contribution >= 4 is 11.3 Å². The van der Waals surface area contributed by atoms with Crippen LogP contribution in [-0.4, -0.2) is 35.6 Å². The van der Waals surface area contributed by atoms with E-state index in [2.05, 4.69) is 49.9 Å². The van der Waals surface area contributed by atoms with Crippen LogP contribution in [0, 0.1) is 6.92 Å². The average molecular weight is 255 g/mol. The van der Waals surface area contributed by atoms with Crippen molar-refractivity contribution in [2.75, 3.05) is 13.6 Å². The molecule has 0 aliphatic heterocycles. The molecule has 0 aliphatic carbocycles. The first-order chi connectivity index (χ1) is 8.04. The third-order valence-electron chi connectivity index (χ3n) is 3.09. The van der Waals surface area contributed by atoms with Crippen molar-refractivity contribution in [3.63, 3.8) is 0 Å². The standard InChI is InChI=1S/C13H25N3S/c1-6-12(7-14-10(2)3)16(5)8-13-11(4)15-9-17-13/h9-10,12,14H,6-8H2,1-5H3. The van der Waals surface area contributed by atoms with Gasteiger partial charge in [-0.15, -0.1) is 11.3 Å². The lowest BCUT2D eigenvalue weighted by molar-refractivity contribution is 0.219. The summed E-state index contributed by atoms with van der Waals surface area (Å²) < 4.78 is 0. The Labute approximate surface area is 109 Å². The fraction of sp³-hybridized carbons (Fsp3) is 0.769. The number of thiazole rings is 1. The highest BCUT2D eigenvalue weighted by Gasteiger charge is 2.14. The lowest BCUT2D eigenvalue weighted by Gasteiger charge is -2.28. The van der Waals surface area contributed by atoms with E-state index in [1.165, 1.54) is 17.0 Å². The maximum absolute atomic E-state index is 4.31. The molecule has 0 aromatic carbocycles. The smallest absolute Gasteiger partial charge is 0.0798 e. The minimum atomic E-state index is 0.558. The first kappa shape index (κ1) is 14.6. The highest BCUT2D eigenvalue weighted by Crippen LogP contribution is 2.16. The van der Waals surface area contributed by atoms with Crippen LogP contribution in [0.2, 0.25) is 0 Å². The average Bonchev–Trinajstić information content (AvgIpc) is 2.65. The van der Waals surface area contributed by atoms with Gasteiger partial charge >= 0.3 is 0 Å². The van der Waals surface area contributed by atoms with Crippen LogP contribution < -0.4 is 5.32 Å². The number of hydrogen-bond donors (Lipinski definition) is 1. The lowest BCUT2D eigenvalue weighted by atomic mass is 10.2. The summed E-state index contributed by atoms with van der Waals surface area (Å²) >= 11 is 1.76. The largest absolute Gasteiger partial charge is 0.313 e. The SMILES string of the molecule is CCC(CNC(C)C)N(C)Cc1scnc1C. The highest BCUT2D eigenvalue weighted by atomic mass is 32.1. The van der Waals surface area contributed by atoms with Gasteiger partial charge in [0, 0.05) is 30.1 Å². The Morgan fingerprint density at radius 2 is 2.18 bits per heavy atom. The molecule has 0 fully saturated rings. The van der Waals surface area contributed by atoms with Crippen molar-refractivity contribution in [2.45, 2.75) is 52.7 Å². The molecular weight excluding hydrogens is 230 g/mol. The molecule has 1 atom stereocenters. The summed E-state index contributed by atoms with van der Waals surface area (Å²) in [6.45, 7) is 10.8. The van der Waals surface area contributed by atoms with Crippen molar-refractivity contribution in [1.82, 2.24) is 15.2 Å². The van der Waals surface area contributed by atoms with E-state index in [4.69, 9.17) is 0 Å². The Kier molecular flexibility index (Phi) is 6.09. The molecule has 0 saturated carbocycles. The van der Waals surface area contributed by atoms with E-state index in [-0.39, 0.29) is 0 Å². The molecule has 17 heavy (non-hydrogen) atoms. The van der Waals surface area contributed by atoms with Crippen LogP contribution in [0.3, 0.4) is 0 Å². The van der Waals surface area contributed by atoms with Gasteiger partial charge < -0.3 is 5.32 Å². The molecule has 3 nitrogen and oxygen atoms in total. The van der Waals surface area contributed by atoms with Crippen molar-refractivity contribution in [1.29, 1.82) is 0 Å². The van der Waals surface area contributed by atoms with E-state index >= 15 is 0 Å². The summed E-state index contributed by atoms with van der Waals surface area (Å²) in [5.41, 5.74) is 3.11. The fourth-order valence-electron chi connectivity index (χ4n) is 1.82. The second-order valence-corrected chi connectivity index (χ2v) is 5.84. The van der Waals surface area contributed by atoms with Crippen molar-refractivity contribution in [3.8, 4) is 0 Å². The van der Waals surface area contributed by atoms with E-state index in [9.17, 15) is 0 Å². The molecule has 0 radical (unpaired) electrons. The molecule has 1 aromatic rings. The molecule has 1 aromatic heterocycles. The normalized spacial score (nSPS) is 13.6. The zero-order valence-corrected chi connectivity index (χ0v) is 12.5. The monoisotopic (exact) mass is 255 g/mol. The van der Waals surface area contributed by atoms with Crippen LogP contribution in [0.1, 0.15) is 37.8 Å². The molecule has 1 unspecified atom stereocenters. The molecule has 0 bridgehead atoms. The van der Waals surface area contributed by atoms with Gasteiger partial charge in [0.05, 0.1) is 11.2 Å². The predicted molar refractivity (Wildman–Crippen MR) is 75.5 cm³/mol. The Bertz CT molecular complexity index is 322. The van der Waals surface area contributed by atoms with Crippen LogP contribution in [0.25, 0.3) is 0 Å². The Morgan fingerprint density at radius 1 is 1.47 bits per heavy atom. The predicted octanol–water partition coefficient (Wildman–Crippen LogP) is 2.66. The lowest BCUT2D eigenvalue weighted by Crippen LogP contribution is -2.41. The molecular formula is C13H25N3S. The van der Waals surface area contributed by atoms with Crippen LogP contribution in [0.5, 0.6) is 0 Å². The van der Waals surface area contributed by atoms with E-state index in [0.717, 1.165) is 13.1 Å². The third kappa shape index (κ3) is 4.74. The number of hydrogen-bond acceptors (Lipinski definition) is 4. The second kappa shape index (κ2) is 7.09. The topological polar surface area (TPSA) is 28.2 Å². The van der Waals surface area contributed by atoms with Crippen molar-refractivity contribution in [2.24, 2.45) is 0 Å². The summed E-state index contributed by atoms with van der Waals surface area (Å²) in [6.07, 6.45) is 1.17. The van der Waals surface area contributed by atoms with E-state index < -0.39 is 0 Å². The maximum Gasteiger partial charge on any atom is 0.0798 e. The van der Waals surface area contributed by atoms with Gasteiger partial charge in [0.25, 0.3) is 0 Å². The van der Waals surface area contributed by atoms with E-state index in [1.54, 1.807) is 11.3 Å². The quantitative estimate of drug-likeness (QED) is 0.812. The van der Waals surface area contributed by atoms with Crippen molar-refractivity contribution in [3.05, 3.63) is 16.1 Å². The number of likely N-dealkylation sites (N-methyl/N-ethyl adjacent to an activating group) is 1. The summed E-state index contributed by atoms with van der Waals surface area (Å²) in [5, 5.41) is 3.52. The Morgan fingerprint density at radius 3 is 2.65 bits per heavy atom. The van der Waals surface area contributed by atoms with Gasteiger partial charge in [-0.05, 0) is 20.4 Å². The zero-order chi connectivity index (χ0) is 12.8. The Balaban J connectivity index is 2.49. The third-order valence-corrected chi connectivity index (χ3v) is 4.01. The molecule has 98 valence electrons. The molecule has 1 N–H and O–H groups in total. The fourth-order valence-corrected chi connectivity index (χ4v) is 2.66. The minimum absolute atomic E-state index is 0.558. The molecule has 0 aliphatic rings. The number of rotatable bonds is 7. The number of aryl methyl sites for hydroxylation is 1. The molecule has 0 spiro atoms. The first-order valence-corrected chi connectivity index (χ1v) is 7.25. The highest BCUT2D eigenvalue weighted by molar-refractivity contribution is 7.09. The summed E-state index contributed by atoms with van der Waals surface area (Å²) in [7, 11) is 2.20. The summed E-state index contributed by atoms with van der Waals surface area (Å²) in [6, 6.07) is 1.15. The molecule has 1 rings (SSSR count). The summed E-state index contributed by atoms with van der Waals surface area (Å²) in [5.74, 6) is 0. The maximum atomic E-state index is 4.31. The minimum Gasteiger partial charge on any atom is -0.313 e. The molecule has 4 heteroatoms. The van der Waals surface area contributed by atoms with E-state index in [1.807, 2.05) is 5.51 Å². The molecule has 0 amide bonds. The van der Waals surface area contributed by atoms with Gasteiger partial charge in [0.1, 0.15) is 0 Å². The first-order valence-electron chi connectivity index (χ1n) is 6.37. The van der Waals surface area contributed by atoms with Crippen LogP contribution in [-0.2, 0) is 6.54 Å². The van der Waals surface area contributed by atoms with Crippen LogP contribution in [0.4, 0.5) is 0 Å². The Hall–Kier alpha value is -0.450. The van der Waals surface area contributed by atoms with Gasteiger partial charge in [-0.1, -0.05) is 20.8 Å². The van der Waals surface area contributed by atoms with Gasteiger partial charge in [-0.3, -0.25) is 4.90 Å². The van der Waals surface area contributed by atoms with Crippen LogP contribution in [0.15, 0.2) is 5.51 Å². The molecule has 0 saturated heterocycles. The molecule has 1 heterocycles. The zero-order valence-electron chi connectivity index (χ0n) is 11.7.